The lowest BCUT2D eigenvalue weighted by atomic mass is 10.3. The summed E-state index contributed by atoms with van der Waals surface area (Å²) in [5.41, 5.74) is 0.841. The SMILES string of the molecule is CC(CO)SCc1ccsc1C(=O)O. The van der Waals surface area contributed by atoms with Crippen molar-refractivity contribution < 1.29 is 15.0 Å². The Kier molecular flexibility index (Phi) is 4.44. The average Bonchev–Trinajstić information content (AvgIpc) is 2.62. The molecule has 78 valence electrons. The Morgan fingerprint density at radius 3 is 3.00 bits per heavy atom. The van der Waals surface area contributed by atoms with Gasteiger partial charge in [-0.05, 0) is 17.0 Å². The Morgan fingerprint density at radius 2 is 2.43 bits per heavy atom. The lowest BCUT2D eigenvalue weighted by molar-refractivity contribution is 0.0701. The number of carboxylic acids is 1. The van der Waals surface area contributed by atoms with E-state index in [2.05, 4.69) is 0 Å². The van der Waals surface area contributed by atoms with Gasteiger partial charge in [-0.2, -0.15) is 11.8 Å². The summed E-state index contributed by atoms with van der Waals surface area (Å²) >= 11 is 2.80. The topological polar surface area (TPSA) is 57.5 Å². The van der Waals surface area contributed by atoms with Crippen molar-refractivity contribution >= 4 is 29.1 Å². The maximum atomic E-state index is 10.7. The number of hydrogen-bond donors (Lipinski definition) is 2. The van der Waals surface area contributed by atoms with Gasteiger partial charge in [0.15, 0.2) is 0 Å². The van der Waals surface area contributed by atoms with Gasteiger partial charge in [-0.25, -0.2) is 4.79 Å². The van der Waals surface area contributed by atoms with E-state index >= 15 is 0 Å². The monoisotopic (exact) mass is 232 g/mol. The molecule has 0 aromatic carbocycles. The summed E-state index contributed by atoms with van der Waals surface area (Å²) in [5, 5.41) is 19.6. The molecular formula is C9H12O3S2. The highest BCUT2D eigenvalue weighted by Crippen LogP contribution is 2.24. The molecule has 0 amide bonds. The van der Waals surface area contributed by atoms with Crippen LogP contribution in [0.3, 0.4) is 0 Å². The fourth-order valence-electron chi connectivity index (χ4n) is 0.922. The standard InChI is InChI=1S/C9H12O3S2/c1-6(4-10)14-5-7-2-3-13-8(7)9(11)12/h2-3,6,10H,4-5H2,1H3,(H,11,12). The second kappa shape index (κ2) is 5.38. The van der Waals surface area contributed by atoms with Crippen LogP contribution in [0.4, 0.5) is 0 Å². The zero-order chi connectivity index (χ0) is 10.6. The lowest BCUT2D eigenvalue weighted by Gasteiger charge is -2.06. The van der Waals surface area contributed by atoms with Crippen molar-refractivity contribution in [3.05, 3.63) is 21.9 Å². The molecule has 0 aliphatic rings. The van der Waals surface area contributed by atoms with Crippen molar-refractivity contribution in [2.24, 2.45) is 0 Å². The van der Waals surface area contributed by atoms with Gasteiger partial charge >= 0.3 is 5.97 Å². The van der Waals surface area contributed by atoms with Crippen LogP contribution in [0.2, 0.25) is 0 Å². The third kappa shape index (κ3) is 3.01. The fourth-order valence-corrected chi connectivity index (χ4v) is 2.58. The molecule has 0 fully saturated rings. The summed E-state index contributed by atoms with van der Waals surface area (Å²) in [5.74, 6) is -0.223. The van der Waals surface area contributed by atoms with Gasteiger partial charge in [-0.3, -0.25) is 0 Å². The second-order valence-electron chi connectivity index (χ2n) is 2.88. The first kappa shape index (κ1) is 11.6. The van der Waals surface area contributed by atoms with Crippen LogP contribution in [0.5, 0.6) is 0 Å². The number of thioether (sulfide) groups is 1. The Morgan fingerprint density at radius 1 is 1.71 bits per heavy atom. The first-order valence-corrected chi connectivity index (χ1v) is 6.10. The van der Waals surface area contributed by atoms with E-state index < -0.39 is 5.97 Å². The van der Waals surface area contributed by atoms with Crippen molar-refractivity contribution in [2.45, 2.75) is 17.9 Å². The molecule has 1 unspecified atom stereocenters. The van der Waals surface area contributed by atoms with Gasteiger partial charge in [0, 0.05) is 11.0 Å². The zero-order valence-electron chi connectivity index (χ0n) is 7.77. The number of aromatic carboxylic acids is 1. The van der Waals surface area contributed by atoms with Crippen LogP contribution in [0, 0.1) is 0 Å². The third-order valence-corrected chi connectivity index (χ3v) is 3.86. The molecule has 14 heavy (non-hydrogen) atoms. The van der Waals surface area contributed by atoms with Gasteiger partial charge in [0.05, 0.1) is 6.61 Å². The first-order chi connectivity index (χ1) is 6.65. The smallest absolute Gasteiger partial charge is 0.346 e. The largest absolute Gasteiger partial charge is 0.477 e. The average molecular weight is 232 g/mol. The molecule has 1 aromatic rings. The Labute approximate surface area is 90.8 Å². The molecule has 1 heterocycles. The number of aliphatic hydroxyl groups is 1. The normalized spacial score (nSPS) is 12.7. The van der Waals surface area contributed by atoms with Crippen molar-refractivity contribution in [3.63, 3.8) is 0 Å². The van der Waals surface area contributed by atoms with Crippen LogP contribution in [-0.4, -0.2) is 28.0 Å². The molecule has 0 radical (unpaired) electrons. The third-order valence-electron chi connectivity index (χ3n) is 1.72. The molecule has 0 saturated heterocycles. The lowest BCUT2D eigenvalue weighted by Crippen LogP contribution is -2.03. The fraction of sp³-hybridized carbons (Fsp3) is 0.444. The highest BCUT2D eigenvalue weighted by atomic mass is 32.2. The highest BCUT2D eigenvalue weighted by molar-refractivity contribution is 7.99. The molecule has 1 aromatic heterocycles. The molecule has 0 bridgehead atoms. The highest BCUT2D eigenvalue weighted by Gasteiger charge is 2.12. The van der Waals surface area contributed by atoms with Crippen molar-refractivity contribution in [2.75, 3.05) is 6.61 Å². The molecule has 0 spiro atoms. The Balaban J connectivity index is 2.58. The summed E-state index contributed by atoms with van der Waals surface area (Å²) in [7, 11) is 0. The molecular weight excluding hydrogens is 220 g/mol. The quantitative estimate of drug-likeness (QED) is 0.816. The van der Waals surface area contributed by atoms with Crippen LogP contribution in [-0.2, 0) is 5.75 Å². The molecule has 2 N–H and O–H groups in total. The number of thiophene rings is 1. The number of rotatable bonds is 5. The first-order valence-electron chi connectivity index (χ1n) is 4.17. The van der Waals surface area contributed by atoms with Gasteiger partial charge < -0.3 is 10.2 Å². The van der Waals surface area contributed by atoms with Gasteiger partial charge in [-0.1, -0.05) is 6.92 Å². The minimum Gasteiger partial charge on any atom is -0.477 e. The van der Waals surface area contributed by atoms with Gasteiger partial charge in [-0.15, -0.1) is 11.3 Å². The van der Waals surface area contributed by atoms with E-state index in [-0.39, 0.29) is 11.9 Å². The Bertz CT molecular complexity index is 309. The van der Waals surface area contributed by atoms with E-state index in [4.69, 9.17) is 10.2 Å². The number of aliphatic hydroxyl groups excluding tert-OH is 1. The van der Waals surface area contributed by atoms with E-state index in [0.29, 0.717) is 10.6 Å². The van der Waals surface area contributed by atoms with E-state index in [1.54, 1.807) is 17.1 Å². The minimum atomic E-state index is -0.868. The maximum Gasteiger partial charge on any atom is 0.346 e. The van der Waals surface area contributed by atoms with Crippen molar-refractivity contribution in [1.82, 2.24) is 0 Å². The number of hydrogen-bond acceptors (Lipinski definition) is 4. The predicted molar refractivity (Wildman–Crippen MR) is 59.1 cm³/mol. The summed E-state index contributed by atoms with van der Waals surface area (Å²) in [6, 6.07) is 1.82. The number of carbonyl (C=O) groups is 1. The summed E-state index contributed by atoms with van der Waals surface area (Å²) in [4.78, 5) is 11.2. The van der Waals surface area contributed by atoms with Crippen LogP contribution in [0.15, 0.2) is 11.4 Å². The van der Waals surface area contributed by atoms with Crippen molar-refractivity contribution in [3.8, 4) is 0 Å². The van der Waals surface area contributed by atoms with Crippen LogP contribution in [0.25, 0.3) is 0 Å². The van der Waals surface area contributed by atoms with Crippen LogP contribution >= 0.6 is 23.1 Å². The van der Waals surface area contributed by atoms with Gasteiger partial charge in [0.1, 0.15) is 4.88 Å². The molecule has 1 atom stereocenters. The molecule has 3 nitrogen and oxygen atoms in total. The summed E-state index contributed by atoms with van der Waals surface area (Å²) in [6.45, 7) is 2.04. The molecule has 5 heteroatoms. The molecule has 0 aliphatic carbocycles. The van der Waals surface area contributed by atoms with Crippen LogP contribution in [0.1, 0.15) is 22.2 Å². The van der Waals surface area contributed by atoms with Crippen LogP contribution < -0.4 is 0 Å². The number of carboxylic acid groups (broad SMARTS) is 1. The van der Waals surface area contributed by atoms with Gasteiger partial charge in [0.25, 0.3) is 0 Å². The van der Waals surface area contributed by atoms with E-state index in [1.165, 1.54) is 11.3 Å². The van der Waals surface area contributed by atoms with E-state index in [9.17, 15) is 4.79 Å². The minimum absolute atomic E-state index is 0.122. The molecule has 0 saturated carbocycles. The van der Waals surface area contributed by atoms with E-state index in [1.807, 2.05) is 13.0 Å². The molecule has 1 rings (SSSR count). The summed E-state index contributed by atoms with van der Waals surface area (Å²) in [6.07, 6.45) is 0. The predicted octanol–water partition coefficient (Wildman–Crippen LogP) is 2.06. The molecule has 0 aliphatic heterocycles. The zero-order valence-corrected chi connectivity index (χ0v) is 9.40. The second-order valence-corrected chi connectivity index (χ2v) is 5.23. The summed E-state index contributed by atoms with van der Waals surface area (Å²) < 4.78 is 0. The van der Waals surface area contributed by atoms with Gasteiger partial charge in [0.2, 0.25) is 0 Å². The Hall–Kier alpha value is -0.520. The van der Waals surface area contributed by atoms with Crippen molar-refractivity contribution in [1.29, 1.82) is 0 Å². The maximum absolute atomic E-state index is 10.7. The van der Waals surface area contributed by atoms with E-state index in [0.717, 1.165) is 5.56 Å².